The molecule has 2 aromatic carbocycles. The van der Waals surface area contributed by atoms with Crippen LogP contribution < -0.4 is 14.8 Å². The van der Waals surface area contributed by atoms with Gasteiger partial charge in [0.1, 0.15) is 0 Å². The van der Waals surface area contributed by atoms with Gasteiger partial charge in [-0.05, 0) is 35.4 Å². The van der Waals surface area contributed by atoms with Crippen LogP contribution in [0.4, 0.5) is 0 Å². The summed E-state index contributed by atoms with van der Waals surface area (Å²) in [7, 11) is 0. The number of aromatic nitrogens is 2. The first-order valence-electron chi connectivity index (χ1n) is 9.12. The van der Waals surface area contributed by atoms with E-state index in [0.29, 0.717) is 48.4 Å². The minimum Gasteiger partial charge on any atom is -0.489 e. The maximum absolute atomic E-state index is 12.8. The highest BCUT2D eigenvalue weighted by atomic mass is 35.5. The molecular weight excluding hydrogens is 378 g/mol. The average molecular weight is 398 g/mol. The number of fused-ring (bicyclic) bond motifs is 1. The van der Waals surface area contributed by atoms with E-state index in [9.17, 15) is 4.79 Å². The maximum Gasteiger partial charge on any atom is 0.251 e. The molecular formula is C21H20ClN3O3. The Hall–Kier alpha value is -2.99. The average Bonchev–Trinajstić information content (AvgIpc) is 3.09. The molecule has 144 valence electrons. The van der Waals surface area contributed by atoms with Crippen molar-refractivity contribution >= 4 is 17.5 Å². The molecule has 0 atom stereocenters. The van der Waals surface area contributed by atoms with E-state index in [2.05, 4.69) is 10.4 Å². The van der Waals surface area contributed by atoms with E-state index in [0.717, 1.165) is 17.5 Å². The fourth-order valence-electron chi connectivity index (χ4n) is 3.11. The molecule has 1 aromatic heterocycles. The van der Waals surface area contributed by atoms with Crippen LogP contribution in [0.1, 0.15) is 27.9 Å². The van der Waals surface area contributed by atoms with Gasteiger partial charge in [-0.2, -0.15) is 5.10 Å². The summed E-state index contributed by atoms with van der Waals surface area (Å²) in [6.07, 6.45) is 4.40. The number of nitrogens with zero attached hydrogens (tertiary/aromatic N) is 2. The summed E-state index contributed by atoms with van der Waals surface area (Å²) in [6.45, 7) is 2.04. The zero-order valence-corrected chi connectivity index (χ0v) is 16.0. The quantitative estimate of drug-likeness (QED) is 0.713. The van der Waals surface area contributed by atoms with Crippen LogP contribution in [0.25, 0.3) is 0 Å². The molecule has 6 nitrogen and oxygen atoms in total. The van der Waals surface area contributed by atoms with Crippen LogP contribution in [-0.4, -0.2) is 28.9 Å². The van der Waals surface area contributed by atoms with Crippen molar-refractivity contribution < 1.29 is 14.3 Å². The molecule has 0 fully saturated rings. The minimum atomic E-state index is -0.147. The van der Waals surface area contributed by atoms with Crippen LogP contribution >= 0.6 is 11.6 Å². The number of rotatable bonds is 5. The first-order valence-corrected chi connectivity index (χ1v) is 9.50. The number of nitrogens with one attached hydrogen (secondary N) is 1. The fourth-order valence-corrected chi connectivity index (χ4v) is 3.40. The molecule has 1 aliphatic heterocycles. The van der Waals surface area contributed by atoms with Gasteiger partial charge in [-0.1, -0.05) is 29.8 Å². The topological polar surface area (TPSA) is 65.4 Å². The molecule has 0 saturated heterocycles. The molecule has 1 amide bonds. The molecule has 28 heavy (non-hydrogen) atoms. The molecule has 0 radical (unpaired) electrons. The molecule has 0 aliphatic carbocycles. The largest absolute Gasteiger partial charge is 0.489 e. The number of ether oxygens (including phenoxy) is 2. The summed E-state index contributed by atoms with van der Waals surface area (Å²) in [5.41, 5.74) is 2.38. The summed E-state index contributed by atoms with van der Waals surface area (Å²) in [5, 5.41) is 7.66. The van der Waals surface area contributed by atoms with Crippen molar-refractivity contribution in [2.45, 2.75) is 19.5 Å². The van der Waals surface area contributed by atoms with Crippen molar-refractivity contribution in [2.75, 3.05) is 13.2 Å². The van der Waals surface area contributed by atoms with Gasteiger partial charge in [-0.3, -0.25) is 9.48 Å². The predicted molar refractivity (Wildman–Crippen MR) is 106 cm³/mol. The van der Waals surface area contributed by atoms with Crippen LogP contribution in [0.2, 0.25) is 5.02 Å². The van der Waals surface area contributed by atoms with Crippen LogP contribution in [0.3, 0.4) is 0 Å². The first kappa shape index (κ1) is 18.4. The normalized spacial score (nSPS) is 13.0. The van der Waals surface area contributed by atoms with Crippen LogP contribution in [0.5, 0.6) is 11.5 Å². The van der Waals surface area contributed by atoms with Gasteiger partial charge < -0.3 is 14.8 Å². The third-order valence-electron chi connectivity index (χ3n) is 4.47. The number of hydrogen-bond acceptors (Lipinski definition) is 4. The van der Waals surface area contributed by atoms with E-state index in [-0.39, 0.29) is 5.91 Å². The van der Waals surface area contributed by atoms with Crippen LogP contribution in [-0.2, 0) is 13.1 Å². The van der Waals surface area contributed by atoms with E-state index in [1.807, 2.05) is 42.6 Å². The highest BCUT2D eigenvalue weighted by Gasteiger charge is 2.17. The first-order chi connectivity index (χ1) is 13.7. The SMILES string of the molecule is O=C(NCc1cc(Cl)c2c(c1)OCCCO2)c1ccccc1Cn1cccn1. The maximum atomic E-state index is 12.8. The Kier molecular flexibility index (Phi) is 5.48. The highest BCUT2D eigenvalue weighted by molar-refractivity contribution is 6.32. The van der Waals surface area contributed by atoms with Crippen LogP contribution in [0, 0.1) is 0 Å². The van der Waals surface area contributed by atoms with Crippen LogP contribution in [0.15, 0.2) is 54.9 Å². The van der Waals surface area contributed by atoms with Gasteiger partial charge in [0.25, 0.3) is 5.91 Å². The molecule has 0 spiro atoms. The zero-order chi connectivity index (χ0) is 19.3. The van der Waals surface area contributed by atoms with E-state index < -0.39 is 0 Å². The van der Waals surface area contributed by atoms with E-state index in [1.165, 1.54) is 0 Å². The van der Waals surface area contributed by atoms with Crippen molar-refractivity contribution in [2.24, 2.45) is 0 Å². The number of carbonyl (C=O) groups excluding carboxylic acids is 1. The van der Waals surface area contributed by atoms with Crippen molar-refractivity contribution in [3.8, 4) is 11.5 Å². The third-order valence-corrected chi connectivity index (χ3v) is 4.75. The summed E-state index contributed by atoms with van der Waals surface area (Å²) < 4.78 is 13.1. The van der Waals surface area contributed by atoms with Gasteiger partial charge in [-0.25, -0.2) is 0 Å². The lowest BCUT2D eigenvalue weighted by atomic mass is 10.1. The lowest BCUT2D eigenvalue weighted by Crippen LogP contribution is -2.24. The second kappa shape index (κ2) is 8.35. The Morgan fingerprint density at radius 2 is 2.04 bits per heavy atom. The number of hydrogen-bond donors (Lipinski definition) is 1. The summed E-state index contributed by atoms with van der Waals surface area (Å²) in [6, 6.07) is 13.0. The highest BCUT2D eigenvalue weighted by Crippen LogP contribution is 2.37. The van der Waals surface area contributed by atoms with E-state index >= 15 is 0 Å². The number of carbonyl (C=O) groups is 1. The van der Waals surface area contributed by atoms with Crippen molar-refractivity contribution in [1.82, 2.24) is 15.1 Å². The van der Waals surface area contributed by atoms with Gasteiger partial charge >= 0.3 is 0 Å². The Morgan fingerprint density at radius 1 is 1.18 bits per heavy atom. The molecule has 4 rings (SSSR count). The number of amides is 1. The standard InChI is InChI=1S/C21H20ClN3O3/c22-18-11-15(12-19-20(18)28-10-4-9-27-19)13-23-21(26)17-6-2-1-5-16(17)14-25-8-3-7-24-25/h1-3,5-8,11-12H,4,9-10,13-14H2,(H,23,26). The molecule has 0 unspecified atom stereocenters. The second-order valence-corrected chi connectivity index (χ2v) is 6.91. The second-order valence-electron chi connectivity index (χ2n) is 6.50. The molecule has 2 heterocycles. The Bertz CT molecular complexity index is 973. The molecule has 1 aliphatic rings. The van der Waals surface area contributed by atoms with Gasteiger partial charge in [-0.15, -0.1) is 0 Å². The Balaban J connectivity index is 1.48. The number of benzene rings is 2. The molecule has 0 bridgehead atoms. The van der Waals surface area contributed by atoms with Gasteiger partial charge in [0.15, 0.2) is 11.5 Å². The minimum absolute atomic E-state index is 0.147. The van der Waals surface area contributed by atoms with E-state index in [1.54, 1.807) is 16.9 Å². The fraction of sp³-hybridized carbons (Fsp3) is 0.238. The van der Waals surface area contributed by atoms with Crippen molar-refractivity contribution in [1.29, 1.82) is 0 Å². The summed E-state index contributed by atoms with van der Waals surface area (Å²) >= 11 is 6.33. The Morgan fingerprint density at radius 3 is 2.89 bits per heavy atom. The smallest absolute Gasteiger partial charge is 0.251 e. The van der Waals surface area contributed by atoms with Gasteiger partial charge in [0.2, 0.25) is 0 Å². The number of halogens is 1. The lowest BCUT2D eigenvalue weighted by molar-refractivity contribution is 0.0949. The van der Waals surface area contributed by atoms with Crippen molar-refractivity contribution in [3.05, 3.63) is 76.6 Å². The van der Waals surface area contributed by atoms with E-state index in [4.69, 9.17) is 21.1 Å². The lowest BCUT2D eigenvalue weighted by Gasteiger charge is -2.13. The molecule has 7 heteroatoms. The molecule has 0 saturated carbocycles. The molecule has 3 aromatic rings. The summed E-state index contributed by atoms with van der Waals surface area (Å²) in [5.74, 6) is 1.04. The predicted octanol–water partition coefficient (Wildman–Crippen LogP) is 3.68. The van der Waals surface area contributed by atoms with Gasteiger partial charge in [0.05, 0.1) is 24.8 Å². The monoisotopic (exact) mass is 397 g/mol. The van der Waals surface area contributed by atoms with Gasteiger partial charge in [0, 0.05) is 30.9 Å². The van der Waals surface area contributed by atoms with Crippen molar-refractivity contribution in [3.63, 3.8) is 0 Å². The summed E-state index contributed by atoms with van der Waals surface area (Å²) in [4.78, 5) is 12.8. The third kappa shape index (κ3) is 4.12. The Labute approximate surface area is 168 Å². The molecule has 1 N–H and O–H groups in total. The zero-order valence-electron chi connectivity index (χ0n) is 15.2.